The smallest absolute Gasteiger partial charge is 0.341 e. The van der Waals surface area contributed by atoms with E-state index in [1.54, 1.807) is 16.7 Å². The quantitative estimate of drug-likeness (QED) is 0.815. The van der Waals surface area contributed by atoms with Gasteiger partial charge in [0.15, 0.2) is 0 Å². The summed E-state index contributed by atoms with van der Waals surface area (Å²) in [6.07, 6.45) is -3.52. The maximum absolute atomic E-state index is 12.5. The third-order valence-electron chi connectivity index (χ3n) is 4.40. The van der Waals surface area contributed by atoms with Crippen LogP contribution in [0.15, 0.2) is 0 Å². The summed E-state index contributed by atoms with van der Waals surface area (Å²) in [4.78, 5) is 28.1. The molecular weight excluding hydrogens is 313 g/mol. The van der Waals surface area contributed by atoms with Crippen LogP contribution in [0.5, 0.6) is 0 Å². The van der Waals surface area contributed by atoms with E-state index in [1.807, 2.05) is 0 Å². The van der Waals surface area contributed by atoms with Crippen molar-refractivity contribution >= 4 is 11.9 Å². The number of alkyl halides is 3. The van der Waals surface area contributed by atoms with E-state index in [0.29, 0.717) is 19.5 Å². The number of rotatable bonds is 2. The fourth-order valence-corrected chi connectivity index (χ4v) is 3.07. The average Bonchev–Trinajstić information content (AvgIpc) is 2.88. The molecule has 2 rings (SSSR count). The summed E-state index contributed by atoms with van der Waals surface area (Å²) < 4.78 is 37.4. The molecule has 6 nitrogen and oxygen atoms in total. The Morgan fingerprint density at radius 2 is 1.83 bits per heavy atom. The van der Waals surface area contributed by atoms with Gasteiger partial charge in [-0.25, -0.2) is 4.79 Å². The van der Waals surface area contributed by atoms with Crippen molar-refractivity contribution in [1.29, 1.82) is 0 Å². The highest BCUT2D eigenvalue weighted by molar-refractivity contribution is 5.76. The molecule has 0 aromatic carbocycles. The third kappa shape index (κ3) is 4.98. The summed E-state index contributed by atoms with van der Waals surface area (Å²) in [5.74, 6) is -0.0175. The van der Waals surface area contributed by atoms with Crippen LogP contribution < -0.4 is 5.32 Å². The fraction of sp³-hybridized carbons (Fsp3) is 0.857. The molecule has 0 bridgehead atoms. The van der Waals surface area contributed by atoms with Gasteiger partial charge in [0.25, 0.3) is 0 Å². The van der Waals surface area contributed by atoms with E-state index in [1.165, 1.54) is 11.8 Å². The molecular formula is C14H23F3N4O2. The van der Waals surface area contributed by atoms with Crippen LogP contribution in [0.1, 0.15) is 20.3 Å². The van der Waals surface area contributed by atoms with Gasteiger partial charge in [0.05, 0.1) is 6.54 Å². The van der Waals surface area contributed by atoms with Gasteiger partial charge in [-0.2, -0.15) is 13.2 Å². The second-order valence-corrected chi connectivity index (χ2v) is 6.28. The van der Waals surface area contributed by atoms with Gasteiger partial charge in [0, 0.05) is 51.7 Å². The van der Waals surface area contributed by atoms with Crippen molar-refractivity contribution in [3.63, 3.8) is 0 Å². The van der Waals surface area contributed by atoms with Crippen LogP contribution in [0.4, 0.5) is 18.0 Å². The number of hydrogen-bond acceptors (Lipinski definition) is 3. The van der Waals surface area contributed by atoms with Crippen LogP contribution >= 0.6 is 0 Å². The maximum atomic E-state index is 12.5. The highest BCUT2D eigenvalue weighted by Gasteiger charge is 2.36. The van der Waals surface area contributed by atoms with Crippen LogP contribution in [0.2, 0.25) is 0 Å². The molecule has 2 heterocycles. The van der Waals surface area contributed by atoms with Gasteiger partial charge >= 0.3 is 12.2 Å². The first-order valence-electron chi connectivity index (χ1n) is 7.77. The fourth-order valence-electron chi connectivity index (χ4n) is 3.07. The Bertz CT molecular complexity index is 458. The highest BCUT2D eigenvalue weighted by atomic mass is 19.4. The Balaban J connectivity index is 1.80. The number of amides is 3. The maximum Gasteiger partial charge on any atom is 0.401 e. The van der Waals surface area contributed by atoms with Crippen molar-refractivity contribution in [2.24, 2.45) is 0 Å². The average molecular weight is 336 g/mol. The van der Waals surface area contributed by atoms with Gasteiger partial charge in [-0.15, -0.1) is 0 Å². The molecule has 23 heavy (non-hydrogen) atoms. The number of piperazine rings is 1. The number of hydrogen-bond donors (Lipinski definition) is 1. The van der Waals surface area contributed by atoms with Gasteiger partial charge in [-0.1, -0.05) is 0 Å². The molecule has 0 spiro atoms. The molecule has 0 aromatic rings. The molecule has 2 fully saturated rings. The molecule has 132 valence electrons. The Morgan fingerprint density at radius 1 is 1.13 bits per heavy atom. The zero-order valence-corrected chi connectivity index (χ0v) is 13.4. The molecule has 9 heteroatoms. The minimum absolute atomic E-state index is 0.0175. The molecule has 3 amide bonds. The minimum Gasteiger partial charge on any atom is -0.341 e. The third-order valence-corrected chi connectivity index (χ3v) is 4.40. The molecule has 0 aliphatic carbocycles. The number of carbonyl (C=O) groups is 2. The highest BCUT2D eigenvalue weighted by Crippen LogP contribution is 2.20. The molecule has 2 aliphatic heterocycles. The Hall–Kier alpha value is -1.51. The summed E-state index contributed by atoms with van der Waals surface area (Å²) in [6, 6.07) is -0.692. The zero-order chi connectivity index (χ0) is 17.2. The molecule has 0 radical (unpaired) electrons. The van der Waals surface area contributed by atoms with E-state index in [2.05, 4.69) is 5.32 Å². The van der Waals surface area contributed by atoms with Crippen LogP contribution in [0, 0.1) is 0 Å². The molecule has 1 N–H and O–H groups in total. The molecule has 2 saturated heterocycles. The van der Waals surface area contributed by atoms with Gasteiger partial charge in [0.1, 0.15) is 0 Å². The van der Waals surface area contributed by atoms with Gasteiger partial charge in [-0.05, 0) is 13.3 Å². The Labute approximate surface area is 133 Å². The monoisotopic (exact) mass is 336 g/mol. The van der Waals surface area contributed by atoms with Crippen molar-refractivity contribution in [1.82, 2.24) is 20.0 Å². The van der Waals surface area contributed by atoms with E-state index < -0.39 is 12.7 Å². The van der Waals surface area contributed by atoms with Crippen LogP contribution in [-0.4, -0.2) is 84.2 Å². The molecule has 0 saturated carbocycles. The van der Waals surface area contributed by atoms with Crippen LogP contribution in [-0.2, 0) is 4.79 Å². The first-order chi connectivity index (χ1) is 10.7. The van der Waals surface area contributed by atoms with Gasteiger partial charge in [0.2, 0.25) is 5.91 Å². The summed E-state index contributed by atoms with van der Waals surface area (Å²) in [6.45, 7) is 4.10. The predicted octanol–water partition coefficient (Wildman–Crippen LogP) is 0.885. The lowest BCUT2D eigenvalue weighted by molar-refractivity contribution is -0.153. The van der Waals surface area contributed by atoms with E-state index >= 15 is 0 Å². The zero-order valence-electron chi connectivity index (χ0n) is 13.4. The first-order valence-corrected chi connectivity index (χ1v) is 7.77. The summed E-state index contributed by atoms with van der Waals surface area (Å²) in [5, 5.41) is 2.87. The van der Waals surface area contributed by atoms with E-state index in [4.69, 9.17) is 0 Å². The predicted molar refractivity (Wildman–Crippen MR) is 77.9 cm³/mol. The second kappa shape index (κ2) is 6.94. The first kappa shape index (κ1) is 17.8. The second-order valence-electron chi connectivity index (χ2n) is 6.28. The lowest BCUT2D eigenvalue weighted by Crippen LogP contribution is -2.58. The lowest BCUT2D eigenvalue weighted by Gasteiger charge is -2.40. The summed E-state index contributed by atoms with van der Waals surface area (Å²) >= 11 is 0. The number of nitrogens with one attached hydrogen (secondary N) is 1. The van der Waals surface area contributed by atoms with Crippen molar-refractivity contribution < 1.29 is 22.8 Å². The van der Waals surface area contributed by atoms with Crippen LogP contribution in [0.25, 0.3) is 0 Å². The lowest BCUT2D eigenvalue weighted by atomic mass is 10.2. The van der Waals surface area contributed by atoms with Crippen molar-refractivity contribution in [2.45, 2.75) is 38.5 Å². The number of urea groups is 1. The molecule has 2 aliphatic rings. The van der Waals surface area contributed by atoms with E-state index in [-0.39, 0.29) is 43.7 Å². The van der Waals surface area contributed by atoms with Crippen molar-refractivity contribution in [3.8, 4) is 0 Å². The topological polar surface area (TPSA) is 55.9 Å². The molecule has 2 atom stereocenters. The van der Waals surface area contributed by atoms with E-state index in [9.17, 15) is 22.8 Å². The Kier molecular flexibility index (Phi) is 5.38. The largest absolute Gasteiger partial charge is 0.401 e. The van der Waals surface area contributed by atoms with Crippen molar-refractivity contribution in [2.75, 3.05) is 39.3 Å². The number of carbonyl (C=O) groups excluding carboxylic acids is 2. The normalized spacial score (nSPS) is 26.5. The minimum atomic E-state index is -4.22. The van der Waals surface area contributed by atoms with Crippen molar-refractivity contribution in [3.05, 3.63) is 0 Å². The SMILES string of the molecule is CC(=O)N1CC[C@@H](NC(=O)N2CCN(CC(F)(F)F)[C@H](C)C2)C1. The molecule has 0 aromatic heterocycles. The van der Waals surface area contributed by atoms with E-state index in [0.717, 1.165) is 0 Å². The van der Waals surface area contributed by atoms with Gasteiger partial charge < -0.3 is 15.1 Å². The number of nitrogens with zero attached hydrogens (tertiary/aromatic N) is 3. The summed E-state index contributed by atoms with van der Waals surface area (Å²) in [7, 11) is 0. The molecule has 0 unspecified atom stereocenters. The van der Waals surface area contributed by atoms with Crippen LogP contribution in [0.3, 0.4) is 0 Å². The Morgan fingerprint density at radius 3 is 2.35 bits per heavy atom. The summed E-state index contributed by atoms with van der Waals surface area (Å²) in [5.41, 5.74) is 0. The van der Waals surface area contributed by atoms with Gasteiger partial charge in [-0.3, -0.25) is 9.69 Å². The number of likely N-dealkylation sites (tertiary alicyclic amines) is 1. The standard InChI is InChI=1S/C14H23F3N4O2/c1-10-7-20(5-6-21(10)9-14(15,16)17)13(23)18-12-3-4-19(8-12)11(2)22/h10,12H,3-9H2,1-2H3,(H,18,23)/t10-,12-/m1/s1. The number of halogens is 3.